The Balaban J connectivity index is 1.42. The molecule has 1 saturated heterocycles. The fraction of sp³-hybridized carbons (Fsp3) is 0.241. The van der Waals surface area contributed by atoms with E-state index in [2.05, 4.69) is 22.3 Å². The summed E-state index contributed by atoms with van der Waals surface area (Å²) in [7, 11) is 1.67. The monoisotopic (exact) mass is 466 g/mol. The first kappa shape index (κ1) is 22.9. The SMILES string of the molecule is COc1ccc([C@@H](CNC(=O)c2cc(-c3ccccc3)nn2-c2ccccc2)N2CCCC2)cc1. The minimum Gasteiger partial charge on any atom is -0.497 e. The number of likely N-dealkylation sites (tertiary alicyclic amines) is 1. The number of para-hydroxylation sites is 1. The molecule has 35 heavy (non-hydrogen) atoms. The quantitative estimate of drug-likeness (QED) is 0.392. The number of hydrogen-bond donors (Lipinski definition) is 1. The Morgan fingerprint density at radius 3 is 2.26 bits per heavy atom. The van der Waals surface area contributed by atoms with Crippen molar-refractivity contribution in [2.24, 2.45) is 0 Å². The van der Waals surface area contributed by atoms with Crippen molar-refractivity contribution in [2.75, 3.05) is 26.7 Å². The van der Waals surface area contributed by atoms with Gasteiger partial charge in [-0.1, -0.05) is 60.7 Å². The van der Waals surface area contributed by atoms with E-state index >= 15 is 0 Å². The van der Waals surface area contributed by atoms with Gasteiger partial charge in [-0.05, 0) is 61.8 Å². The van der Waals surface area contributed by atoms with Gasteiger partial charge in [-0.25, -0.2) is 4.68 Å². The number of benzene rings is 3. The maximum Gasteiger partial charge on any atom is 0.270 e. The average molecular weight is 467 g/mol. The van der Waals surface area contributed by atoms with Crippen LogP contribution in [0.5, 0.6) is 5.75 Å². The summed E-state index contributed by atoms with van der Waals surface area (Å²) in [5.41, 5.74) is 4.29. The summed E-state index contributed by atoms with van der Waals surface area (Å²) in [6, 6.07) is 29.9. The van der Waals surface area contributed by atoms with Crippen LogP contribution in [0.4, 0.5) is 0 Å². The van der Waals surface area contributed by atoms with E-state index in [1.807, 2.05) is 78.9 Å². The van der Waals surface area contributed by atoms with Gasteiger partial charge in [-0.15, -0.1) is 0 Å². The summed E-state index contributed by atoms with van der Waals surface area (Å²) < 4.78 is 7.06. The summed E-state index contributed by atoms with van der Waals surface area (Å²) in [5.74, 6) is 0.694. The summed E-state index contributed by atoms with van der Waals surface area (Å²) >= 11 is 0. The number of nitrogens with zero attached hydrogens (tertiary/aromatic N) is 3. The number of ether oxygens (including phenoxy) is 1. The van der Waals surface area contributed by atoms with Gasteiger partial charge in [0.25, 0.3) is 5.91 Å². The third-order valence-corrected chi connectivity index (χ3v) is 6.55. The Kier molecular flexibility index (Phi) is 6.91. The lowest BCUT2D eigenvalue weighted by molar-refractivity contribution is 0.0930. The first-order chi connectivity index (χ1) is 17.2. The Morgan fingerprint density at radius 1 is 0.943 bits per heavy atom. The van der Waals surface area contributed by atoms with Crippen LogP contribution in [-0.2, 0) is 0 Å². The van der Waals surface area contributed by atoms with Crippen molar-refractivity contribution < 1.29 is 9.53 Å². The van der Waals surface area contributed by atoms with Crippen molar-refractivity contribution in [2.45, 2.75) is 18.9 Å². The summed E-state index contributed by atoms with van der Waals surface area (Å²) in [6.45, 7) is 2.59. The van der Waals surface area contributed by atoms with E-state index in [9.17, 15) is 4.79 Å². The van der Waals surface area contributed by atoms with E-state index in [4.69, 9.17) is 9.84 Å². The second-order valence-corrected chi connectivity index (χ2v) is 8.77. The van der Waals surface area contributed by atoms with Crippen LogP contribution in [0.3, 0.4) is 0 Å². The highest BCUT2D eigenvalue weighted by atomic mass is 16.5. The van der Waals surface area contributed by atoms with E-state index < -0.39 is 0 Å². The van der Waals surface area contributed by atoms with Gasteiger partial charge < -0.3 is 10.1 Å². The fourth-order valence-electron chi connectivity index (χ4n) is 4.68. The highest BCUT2D eigenvalue weighted by molar-refractivity contribution is 5.94. The summed E-state index contributed by atoms with van der Waals surface area (Å²) in [6.07, 6.45) is 2.36. The highest BCUT2D eigenvalue weighted by Crippen LogP contribution is 2.27. The lowest BCUT2D eigenvalue weighted by Crippen LogP contribution is -2.37. The third kappa shape index (κ3) is 5.12. The molecule has 0 radical (unpaired) electrons. The van der Waals surface area contributed by atoms with Crippen molar-refractivity contribution in [3.63, 3.8) is 0 Å². The predicted octanol–water partition coefficient (Wildman–Crippen LogP) is 5.11. The van der Waals surface area contributed by atoms with E-state index in [0.717, 1.165) is 35.8 Å². The molecule has 1 aliphatic heterocycles. The molecular formula is C29H30N4O2. The highest BCUT2D eigenvalue weighted by Gasteiger charge is 2.25. The Morgan fingerprint density at radius 2 is 1.60 bits per heavy atom. The van der Waals surface area contributed by atoms with Crippen LogP contribution in [0.15, 0.2) is 91.0 Å². The number of methoxy groups -OCH3 is 1. The minimum atomic E-state index is -0.138. The zero-order valence-electron chi connectivity index (χ0n) is 19.9. The van der Waals surface area contributed by atoms with Crippen LogP contribution in [0.1, 0.15) is 34.9 Å². The zero-order valence-corrected chi connectivity index (χ0v) is 19.9. The number of nitrogens with one attached hydrogen (secondary N) is 1. The maximum absolute atomic E-state index is 13.5. The van der Waals surface area contributed by atoms with Crippen molar-refractivity contribution in [1.82, 2.24) is 20.0 Å². The molecule has 1 aliphatic rings. The molecule has 0 saturated carbocycles. The van der Waals surface area contributed by atoms with Crippen LogP contribution in [0.2, 0.25) is 0 Å². The number of aromatic nitrogens is 2. The number of carbonyl (C=O) groups is 1. The van der Waals surface area contributed by atoms with Crippen molar-refractivity contribution in [3.05, 3.63) is 102 Å². The molecule has 0 unspecified atom stereocenters. The smallest absolute Gasteiger partial charge is 0.270 e. The van der Waals surface area contributed by atoms with E-state index in [1.165, 1.54) is 18.4 Å². The van der Waals surface area contributed by atoms with Gasteiger partial charge in [-0.3, -0.25) is 9.69 Å². The van der Waals surface area contributed by atoms with E-state index in [0.29, 0.717) is 12.2 Å². The van der Waals surface area contributed by atoms with Gasteiger partial charge in [0.15, 0.2) is 0 Å². The molecule has 1 N–H and O–H groups in total. The molecule has 6 nitrogen and oxygen atoms in total. The summed E-state index contributed by atoms with van der Waals surface area (Å²) in [4.78, 5) is 16.0. The molecule has 0 spiro atoms. The van der Waals surface area contributed by atoms with Crippen LogP contribution >= 0.6 is 0 Å². The van der Waals surface area contributed by atoms with E-state index in [1.54, 1.807) is 11.8 Å². The van der Waals surface area contributed by atoms with Crippen LogP contribution in [0, 0.1) is 0 Å². The van der Waals surface area contributed by atoms with Gasteiger partial charge in [0.05, 0.1) is 24.5 Å². The average Bonchev–Trinajstić information content (AvgIpc) is 3.61. The first-order valence-corrected chi connectivity index (χ1v) is 12.1. The second-order valence-electron chi connectivity index (χ2n) is 8.77. The molecule has 2 heterocycles. The Bertz CT molecular complexity index is 1250. The van der Waals surface area contributed by atoms with Gasteiger partial charge in [0.2, 0.25) is 0 Å². The third-order valence-electron chi connectivity index (χ3n) is 6.55. The van der Waals surface area contributed by atoms with E-state index in [-0.39, 0.29) is 11.9 Å². The van der Waals surface area contributed by atoms with Crippen LogP contribution in [-0.4, -0.2) is 47.3 Å². The molecule has 0 bridgehead atoms. The van der Waals surface area contributed by atoms with Crippen LogP contribution < -0.4 is 10.1 Å². The maximum atomic E-state index is 13.5. The largest absolute Gasteiger partial charge is 0.497 e. The molecular weight excluding hydrogens is 436 g/mol. The molecule has 0 aliphatic carbocycles. The van der Waals surface area contributed by atoms with Crippen molar-refractivity contribution in [3.8, 4) is 22.7 Å². The van der Waals surface area contributed by atoms with Gasteiger partial charge in [-0.2, -0.15) is 5.10 Å². The van der Waals surface area contributed by atoms with Crippen molar-refractivity contribution >= 4 is 5.91 Å². The number of hydrogen-bond acceptors (Lipinski definition) is 4. The molecule has 4 aromatic rings. The molecule has 1 fully saturated rings. The lowest BCUT2D eigenvalue weighted by Gasteiger charge is -2.28. The normalized spacial score (nSPS) is 14.5. The minimum absolute atomic E-state index is 0.106. The Hall–Kier alpha value is -3.90. The molecule has 1 aromatic heterocycles. The first-order valence-electron chi connectivity index (χ1n) is 12.1. The molecule has 5 rings (SSSR count). The number of amides is 1. The fourth-order valence-corrected chi connectivity index (χ4v) is 4.68. The molecule has 1 atom stereocenters. The standard InChI is InChI=1S/C29H30N4O2/c1-35-25-16-14-23(15-17-25)28(32-18-8-9-19-32)21-30-29(34)27-20-26(22-10-4-2-5-11-22)31-33(27)24-12-6-3-7-13-24/h2-7,10-17,20,28H,8-9,18-19,21H2,1H3,(H,30,34)/t28-/m1/s1. The topological polar surface area (TPSA) is 59.4 Å². The van der Waals surface area contributed by atoms with Crippen molar-refractivity contribution in [1.29, 1.82) is 0 Å². The van der Waals surface area contributed by atoms with Crippen LogP contribution in [0.25, 0.3) is 16.9 Å². The summed E-state index contributed by atoms with van der Waals surface area (Å²) in [5, 5.41) is 7.99. The lowest BCUT2D eigenvalue weighted by atomic mass is 10.0. The molecule has 178 valence electrons. The second kappa shape index (κ2) is 10.6. The molecule has 1 amide bonds. The van der Waals surface area contributed by atoms with Gasteiger partial charge in [0, 0.05) is 12.1 Å². The number of carbonyl (C=O) groups excluding carboxylic acids is 1. The molecule has 3 aromatic carbocycles. The predicted molar refractivity (Wildman–Crippen MR) is 138 cm³/mol. The zero-order chi connectivity index (χ0) is 24.0. The van der Waals surface area contributed by atoms with Gasteiger partial charge >= 0.3 is 0 Å². The number of rotatable bonds is 8. The Labute approximate surface area is 206 Å². The molecule has 6 heteroatoms. The van der Waals surface area contributed by atoms with Gasteiger partial charge in [0.1, 0.15) is 11.4 Å².